The molecule has 9 heteroatoms. The van der Waals surface area contributed by atoms with Gasteiger partial charge in [0.1, 0.15) is 11.7 Å². The summed E-state index contributed by atoms with van der Waals surface area (Å²) >= 11 is 0. The summed E-state index contributed by atoms with van der Waals surface area (Å²) in [6, 6.07) is 0. The molecule has 0 radical (unpaired) electrons. The molecule has 3 atom stereocenters. The molecule has 1 saturated carbocycles. The third kappa shape index (κ3) is 4.32. The second-order valence-electron chi connectivity index (χ2n) is 12.0. The zero-order chi connectivity index (χ0) is 24.5. The lowest BCUT2D eigenvalue weighted by Crippen LogP contribution is -2.63. The largest absolute Gasteiger partial charge is 0.448 e. The highest BCUT2D eigenvalue weighted by molar-refractivity contribution is 6.74. The Kier molecular flexibility index (Phi) is 5.86. The lowest BCUT2D eigenvalue weighted by atomic mass is 9.77. The van der Waals surface area contributed by atoms with E-state index < -0.39 is 49.3 Å². The van der Waals surface area contributed by atoms with E-state index in [0.29, 0.717) is 0 Å². The average Bonchev–Trinajstić information content (AvgIpc) is 3.07. The van der Waals surface area contributed by atoms with Crippen molar-refractivity contribution in [3.63, 3.8) is 0 Å². The van der Waals surface area contributed by atoms with Crippen LogP contribution < -0.4 is 0 Å². The zero-order valence-corrected chi connectivity index (χ0v) is 21.8. The standard InChI is InChI=1S/C23H36O8Si/c1-20(2,3)19(26)29-16-14-13(24)11-23(12-27-22(7,8)31-23)17(15(14)28-18(16)25)30-32(9,10)21(4,5)6/h15,17H,11-12H2,1-10H3/t15-,17-,23+/m0/s1. The van der Waals surface area contributed by atoms with Gasteiger partial charge in [-0.1, -0.05) is 20.8 Å². The van der Waals surface area contributed by atoms with Crippen molar-refractivity contribution < 1.29 is 37.8 Å². The second-order valence-corrected chi connectivity index (χ2v) is 16.7. The van der Waals surface area contributed by atoms with Crippen LogP contribution in [0.25, 0.3) is 0 Å². The van der Waals surface area contributed by atoms with Gasteiger partial charge in [-0.2, -0.15) is 0 Å². The zero-order valence-electron chi connectivity index (χ0n) is 20.8. The van der Waals surface area contributed by atoms with E-state index in [4.69, 9.17) is 23.4 Å². The molecule has 2 heterocycles. The molecule has 3 rings (SSSR count). The van der Waals surface area contributed by atoms with Crippen molar-refractivity contribution in [3.05, 3.63) is 11.3 Å². The highest BCUT2D eigenvalue weighted by atomic mass is 28.4. The van der Waals surface area contributed by atoms with Gasteiger partial charge in [0.2, 0.25) is 5.76 Å². The van der Waals surface area contributed by atoms with E-state index in [1.165, 1.54) is 0 Å². The second kappa shape index (κ2) is 7.48. The van der Waals surface area contributed by atoms with Gasteiger partial charge in [0, 0.05) is 6.42 Å². The van der Waals surface area contributed by atoms with E-state index in [2.05, 4.69) is 33.9 Å². The Morgan fingerprint density at radius 3 is 2.16 bits per heavy atom. The predicted molar refractivity (Wildman–Crippen MR) is 118 cm³/mol. The van der Waals surface area contributed by atoms with Crippen LogP contribution in [0.3, 0.4) is 0 Å². The van der Waals surface area contributed by atoms with Gasteiger partial charge in [-0.15, -0.1) is 0 Å². The Morgan fingerprint density at radius 1 is 1.09 bits per heavy atom. The molecule has 8 nitrogen and oxygen atoms in total. The molecule has 0 unspecified atom stereocenters. The molecule has 3 aliphatic rings. The SMILES string of the molecule is CC1(C)OC[C@@]2(CC(=O)C3=C(OC(=O)C(C)(C)C)C(=O)O[C@@H]3[C@@H]2O[Si](C)(C)C(C)(C)C)O1. The minimum atomic E-state index is -2.39. The van der Waals surface area contributed by atoms with Gasteiger partial charge in [-0.05, 0) is 52.8 Å². The molecule has 0 bridgehead atoms. The molecule has 1 aliphatic carbocycles. The quantitative estimate of drug-likeness (QED) is 0.457. The van der Waals surface area contributed by atoms with E-state index in [-0.39, 0.29) is 35.2 Å². The number of carbonyl (C=O) groups excluding carboxylic acids is 3. The molecule has 32 heavy (non-hydrogen) atoms. The van der Waals surface area contributed by atoms with E-state index in [0.717, 1.165) is 0 Å². The first-order chi connectivity index (χ1) is 14.3. The van der Waals surface area contributed by atoms with Gasteiger partial charge in [-0.3, -0.25) is 9.59 Å². The van der Waals surface area contributed by atoms with E-state index in [1.54, 1.807) is 34.6 Å². The van der Waals surface area contributed by atoms with E-state index >= 15 is 0 Å². The van der Waals surface area contributed by atoms with E-state index in [1.807, 2.05) is 0 Å². The van der Waals surface area contributed by atoms with Gasteiger partial charge in [0.25, 0.3) is 0 Å². The molecular weight excluding hydrogens is 432 g/mol. The van der Waals surface area contributed by atoms with Crippen LogP contribution in [0, 0.1) is 5.41 Å². The van der Waals surface area contributed by atoms with Crippen LogP contribution in [-0.2, 0) is 37.8 Å². The molecule has 1 saturated heterocycles. The van der Waals surface area contributed by atoms with Crippen molar-refractivity contribution in [2.45, 2.75) is 104 Å². The minimum Gasteiger partial charge on any atom is -0.448 e. The highest BCUT2D eigenvalue weighted by Gasteiger charge is 2.64. The molecule has 0 aromatic heterocycles. The Hall–Kier alpha value is -1.55. The van der Waals surface area contributed by atoms with Crippen LogP contribution >= 0.6 is 0 Å². The van der Waals surface area contributed by atoms with Crippen LogP contribution in [0.15, 0.2) is 11.3 Å². The third-order valence-corrected chi connectivity index (χ3v) is 11.1. The van der Waals surface area contributed by atoms with Crippen LogP contribution in [0.4, 0.5) is 0 Å². The first-order valence-electron chi connectivity index (χ1n) is 11.0. The molecule has 1 spiro atoms. The van der Waals surface area contributed by atoms with Crippen LogP contribution in [0.1, 0.15) is 61.8 Å². The number of fused-ring (bicyclic) bond motifs is 1. The van der Waals surface area contributed by atoms with E-state index in [9.17, 15) is 14.4 Å². The highest BCUT2D eigenvalue weighted by Crippen LogP contribution is 2.49. The number of Topliss-reactive ketones (excluding diaryl/α,β-unsaturated/α-hetero) is 1. The fraction of sp³-hybridized carbons (Fsp3) is 0.783. The summed E-state index contributed by atoms with van der Waals surface area (Å²) in [7, 11) is -2.39. The van der Waals surface area contributed by atoms with Crippen LogP contribution in [-0.4, -0.2) is 56.2 Å². The predicted octanol–water partition coefficient (Wildman–Crippen LogP) is 3.64. The van der Waals surface area contributed by atoms with Crippen molar-refractivity contribution in [2.24, 2.45) is 5.41 Å². The smallest absolute Gasteiger partial charge is 0.375 e. The maximum absolute atomic E-state index is 13.3. The monoisotopic (exact) mass is 468 g/mol. The molecule has 2 aliphatic heterocycles. The number of esters is 2. The lowest BCUT2D eigenvalue weighted by Gasteiger charge is -2.48. The number of carbonyl (C=O) groups is 3. The summed E-state index contributed by atoms with van der Waals surface area (Å²) in [6.45, 7) is 19.2. The molecule has 0 amide bonds. The number of hydrogen-bond acceptors (Lipinski definition) is 8. The average molecular weight is 469 g/mol. The maximum Gasteiger partial charge on any atom is 0.375 e. The minimum absolute atomic E-state index is 0.0511. The molecule has 0 N–H and O–H groups in total. The summed E-state index contributed by atoms with van der Waals surface area (Å²) in [5.74, 6) is -3.07. The molecule has 0 aromatic carbocycles. The first kappa shape index (κ1) is 25.1. The first-order valence-corrected chi connectivity index (χ1v) is 13.9. The molecule has 2 fully saturated rings. The normalized spacial score (nSPS) is 30.6. The summed E-state index contributed by atoms with van der Waals surface area (Å²) in [5.41, 5.74) is -1.90. The third-order valence-electron chi connectivity index (χ3n) is 6.65. The van der Waals surface area contributed by atoms with Crippen LogP contribution in [0.5, 0.6) is 0 Å². The summed E-state index contributed by atoms with van der Waals surface area (Å²) in [6.07, 6.45) is -1.86. The van der Waals surface area contributed by atoms with Crippen molar-refractivity contribution in [1.82, 2.24) is 0 Å². The summed E-state index contributed by atoms with van der Waals surface area (Å²) < 4.78 is 29.9. The summed E-state index contributed by atoms with van der Waals surface area (Å²) in [4.78, 5) is 38.5. The summed E-state index contributed by atoms with van der Waals surface area (Å²) in [5, 5.41) is -0.140. The Labute approximate surface area is 191 Å². The Bertz CT molecular complexity index is 873. The number of rotatable bonds is 3. The van der Waals surface area contributed by atoms with Crippen molar-refractivity contribution in [1.29, 1.82) is 0 Å². The Balaban J connectivity index is 2.08. The van der Waals surface area contributed by atoms with Crippen molar-refractivity contribution in [2.75, 3.05) is 6.61 Å². The van der Waals surface area contributed by atoms with Crippen molar-refractivity contribution in [3.8, 4) is 0 Å². The van der Waals surface area contributed by atoms with Gasteiger partial charge in [0.05, 0.1) is 17.6 Å². The fourth-order valence-electron chi connectivity index (χ4n) is 3.79. The molecule has 180 valence electrons. The number of hydrogen-bond donors (Lipinski definition) is 0. The number of ketones is 1. The van der Waals surface area contributed by atoms with Gasteiger partial charge >= 0.3 is 11.9 Å². The Morgan fingerprint density at radius 2 is 1.69 bits per heavy atom. The van der Waals surface area contributed by atoms with Gasteiger partial charge < -0.3 is 23.4 Å². The lowest BCUT2D eigenvalue weighted by molar-refractivity contribution is -0.201. The van der Waals surface area contributed by atoms with Gasteiger partial charge in [-0.25, -0.2) is 4.79 Å². The van der Waals surface area contributed by atoms with Gasteiger partial charge in [0.15, 0.2) is 26.0 Å². The fourth-order valence-corrected chi connectivity index (χ4v) is 5.11. The number of ether oxygens (including phenoxy) is 4. The van der Waals surface area contributed by atoms with Crippen molar-refractivity contribution >= 4 is 26.0 Å². The molecular formula is C23H36O8Si. The van der Waals surface area contributed by atoms with Crippen LogP contribution in [0.2, 0.25) is 18.1 Å². The molecule has 0 aromatic rings. The maximum atomic E-state index is 13.3. The topological polar surface area (TPSA) is 97.4 Å².